The van der Waals surface area contributed by atoms with Crippen molar-refractivity contribution in [2.45, 2.75) is 74.8 Å². The maximum absolute atomic E-state index is 14.7. The maximum Gasteiger partial charge on any atom is 0.263 e. The van der Waals surface area contributed by atoms with Gasteiger partial charge in [-0.3, -0.25) is 9.20 Å². The lowest BCUT2D eigenvalue weighted by Crippen LogP contribution is -2.43. The lowest BCUT2D eigenvalue weighted by Gasteiger charge is -2.42. The third kappa shape index (κ3) is 4.56. The second-order valence-corrected chi connectivity index (χ2v) is 12.5. The fourth-order valence-corrected chi connectivity index (χ4v) is 7.64. The van der Waals surface area contributed by atoms with E-state index in [2.05, 4.69) is 45.9 Å². The largest absolute Gasteiger partial charge is 0.491 e. The van der Waals surface area contributed by atoms with Crippen molar-refractivity contribution in [3.8, 4) is 22.7 Å². The lowest BCUT2D eigenvalue weighted by atomic mass is 9.62. The molecular weight excluding hydrogens is 528 g/mol. The fraction of sp³-hybridized carbons (Fsp3) is 0.324. The molecule has 7 heteroatoms. The highest BCUT2D eigenvalue weighted by Gasteiger charge is 2.44. The maximum atomic E-state index is 14.7. The minimum atomic E-state index is -0.178. The molecule has 0 bridgehead atoms. The third-order valence-electron chi connectivity index (χ3n) is 8.51. The number of benzene rings is 3. The molecule has 2 heterocycles. The number of nitrogens with zero attached hydrogens (tertiary/aromatic N) is 4. The number of thioether (sulfide) groups is 1. The first-order chi connectivity index (χ1) is 20.0. The van der Waals surface area contributed by atoms with Crippen LogP contribution < -0.4 is 10.3 Å². The van der Waals surface area contributed by atoms with Crippen molar-refractivity contribution in [1.29, 1.82) is 0 Å². The van der Waals surface area contributed by atoms with E-state index in [-0.39, 0.29) is 17.1 Å². The topological polar surface area (TPSA) is 61.4 Å². The van der Waals surface area contributed by atoms with Crippen LogP contribution in [0.2, 0.25) is 0 Å². The molecule has 0 aliphatic heterocycles. The molecule has 2 aliphatic carbocycles. The zero-order chi connectivity index (χ0) is 28.0. The van der Waals surface area contributed by atoms with E-state index >= 15 is 0 Å². The Bertz CT molecular complexity index is 1770. The van der Waals surface area contributed by atoms with Crippen LogP contribution >= 0.6 is 11.8 Å². The van der Waals surface area contributed by atoms with Gasteiger partial charge in [0.2, 0.25) is 5.78 Å². The summed E-state index contributed by atoms with van der Waals surface area (Å²) >= 11 is 1.65. The van der Waals surface area contributed by atoms with Gasteiger partial charge in [0.25, 0.3) is 5.56 Å². The molecule has 0 radical (unpaired) electrons. The van der Waals surface area contributed by atoms with Crippen LogP contribution in [0.5, 0.6) is 5.75 Å². The number of para-hydroxylation sites is 1. The van der Waals surface area contributed by atoms with Gasteiger partial charge in [0, 0.05) is 22.3 Å². The van der Waals surface area contributed by atoms with Gasteiger partial charge >= 0.3 is 0 Å². The van der Waals surface area contributed by atoms with Crippen molar-refractivity contribution in [3.05, 3.63) is 106 Å². The second kappa shape index (κ2) is 10.5. The molecule has 1 fully saturated rings. The van der Waals surface area contributed by atoms with Crippen molar-refractivity contribution in [3.63, 3.8) is 0 Å². The molecule has 0 atom stereocenters. The van der Waals surface area contributed by atoms with Crippen LogP contribution in [0.25, 0.3) is 22.7 Å². The standard InChI is InChI=1S/C34H34N4O2S/c1-23(2)40-27-17-15-24(16-18-27)22-41-33-36-35-32-37(26-12-5-3-6-13-26)31(39)29-30(38(32)33)28-14-8-7-11-25(28)21-34(29)19-9-4-10-20-34/h3,5-8,11-18,23H,4,9-10,19-22H2,1-2H3. The fourth-order valence-electron chi connectivity index (χ4n) is 6.75. The van der Waals surface area contributed by atoms with E-state index in [9.17, 15) is 4.79 Å². The van der Waals surface area contributed by atoms with E-state index in [1.807, 2.05) is 56.3 Å². The summed E-state index contributed by atoms with van der Waals surface area (Å²) in [5, 5.41) is 10.2. The lowest BCUT2D eigenvalue weighted by molar-refractivity contribution is 0.242. The summed E-state index contributed by atoms with van der Waals surface area (Å²) in [6.07, 6.45) is 6.61. The predicted molar refractivity (Wildman–Crippen MR) is 164 cm³/mol. The first kappa shape index (κ1) is 26.1. The van der Waals surface area contributed by atoms with Gasteiger partial charge in [0.05, 0.1) is 17.5 Å². The van der Waals surface area contributed by atoms with E-state index in [4.69, 9.17) is 9.84 Å². The van der Waals surface area contributed by atoms with Gasteiger partial charge in [0.1, 0.15) is 5.75 Å². The van der Waals surface area contributed by atoms with Crippen LogP contribution in [0.15, 0.2) is 88.8 Å². The number of fused-ring (bicyclic) bond motifs is 6. The minimum absolute atomic E-state index is 0.0415. The van der Waals surface area contributed by atoms with E-state index in [1.54, 1.807) is 16.3 Å². The SMILES string of the molecule is CC(C)Oc1ccc(CSc2nnc3n(-c4ccccc4)c(=O)c4c(n23)-c2ccccc2CC42CCCCC2)cc1. The van der Waals surface area contributed by atoms with Crippen LogP contribution in [0.4, 0.5) is 0 Å². The first-order valence-corrected chi connectivity index (χ1v) is 15.6. The Labute approximate surface area is 244 Å². The van der Waals surface area contributed by atoms with Crippen LogP contribution in [0.3, 0.4) is 0 Å². The normalized spacial score (nSPS) is 15.7. The minimum Gasteiger partial charge on any atom is -0.491 e. The summed E-state index contributed by atoms with van der Waals surface area (Å²) in [5.41, 5.74) is 6.21. The molecule has 0 amide bonds. The van der Waals surface area contributed by atoms with Crippen molar-refractivity contribution in [2.24, 2.45) is 0 Å². The Hall–Kier alpha value is -3.84. The predicted octanol–water partition coefficient (Wildman–Crippen LogP) is 7.38. The highest BCUT2D eigenvalue weighted by molar-refractivity contribution is 7.98. The van der Waals surface area contributed by atoms with Crippen molar-refractivity contribution in [1.82, 2.24) is 19.2 Å². The number of aromatic nitrogens is 4. The Balaban J connectivity index is 1.43. The van der Waals surface area contributed by atoms with Gasteiger partial charge in [0.15, 0.2) is 5.16 Å². The summed E-state index contributed by atoms with van der Waals surface area (Å²) in [4.78, 5) is 14.7. The van der Waals surface area contributed by atoms with Crippen molar-refractivity contribution >= 4 is 17.5 Å². The van der Waals surface area contributed by atoms with E-state index in [0.29, 0.717) is 5.78 Å². The number of hydrogen-bond donors (Lipinski definition) is 0. The molecular formula is C34H34N4O2S. The summed E-state index contributed by atoms with van der Waals surface area (Å²) in [7, 11) is 0. The first-order valence-electron chi connectivity index (χ1n) is 14.6. The van der Waals surface area contributed by atoms with Gasteiger partial charge in [-0.1, -0.05) is 85.6 Å². The molecule has 0 unspecified atom stereocenters. The van der Waals surface area contributed by atoms with Crippen molar-refractivity contribution in [2.75, 3.05) is 0 Å². The molecule has 1 saturated carbocycles. The molecule has 1 spiro atoms. The van der Waals surface area contributed by atoms with Crippen LogP contribution in [-0.4, -0.2) is 25.3 Å². The summed E-state index contributed by atoms with van der Waals surface area (Å²) in [6.45, 7) is 4.07. The van der Waals surface area contributed by atoms with Crippen molar-refractivity contribution < 1.29 is 4.74 Å². The molecule has 41 heavy (non-hydrogen) atoms. The monoisotopic (exact) mass is 562 g/mol. The third-order valence-corrected chi connectivity index (χ3v) is 9.51. The molecule has 5 aromatic rings. The Morgan fingerprint density at radius 2 is 1.63 bits per heavy atom. The number of ether oxygens (including phenoxy) is 1. The number of hydrogen-bond acceptors (Lipinski definition) is 5. The Kier molecular flexibility index (Phi) is 6.70. The smallest absolute Gasteiger partial charge is 0.263 e. The summed E-state index contributed by atoms with van der Waals surface area (Å²) in [6, 6.07) is 26.8. The van der Waals surface area contributed by atoms with E-state index in [0.717, 1.165) is 71.3 Å². The van der Waals surface area contributed by atoms with Gasteiger partial charge in [-0.2, -0.15) is 0 Å². The highest BCUT2D eigenvalue weighted by Crippen LogP contribution is 2.49. The second-order valence-electron chi connectivity index (χ2n) is 11.6. The highest BCUT2D eigenvalue weighted by atomic mass is 32.2. The molecule has 0 N–H and O–H groups in total. The molecule has 7 rings (SSSR count). The van der Waals surface area contributed by atoms with Crippen LogP contribution in [-0.2, 0) is 17.6 Å². The quantitative estimate of drug-likeness (QED) is 0.202. The van der Waals surface area contributed by atoms with Crippen LogP contribution in [0, 0.1) is 0 Å². The molecule has 6 nitrogen and oxygen atoms in total. The Morgan fingerprint density at radius 3 is 2.39 bits per heavy atom. The average molecular weight is 563 g/mol. The molecule has 2 aromatic heterocycles. The van der Waals surface area contributed by atoms with Gasteiger partial charge in [-0.05, 0) is 68.5 Å². The summed E-state index contributed by atoms with van der Waals surface area (Å²) < 4.78 is 9.78. The molecule has 3 aromatic carbocycles. The number of rotatable bonds is 6. The summed E-state index contributed by atoms with van der Waals surface area (Å²) in [5.74, 6) is 2.16. The Morgan fingerprint density at radius 1 is 0.902 bits per heavy atom. The van der Waals surface area contributed by atoms with E-state index in [1.165, 1.54) is 17.5 Å². The van der Waals surface area contributed by atoms with E-state index < -0.39 is 0 Å². The molecule has 208 valence electrons. The average Bonchev–Trinajstić information content (AvgIpc) is 3.40. The van der Waals surface area contributed by atoms with Gasteiger partial charge in [-0.15, -0.1) is 10.2 Å². The van der Waals surface area contributed by atoms with Gasteiger partial charge < -0.3 is 4.74 Å². The zero-order valence-corrected chi connectivity index (χ0v) is 24.4. The zero-order valence-electron chi connectivity index (χ0n) is 23.5. The van der Waals surface area contributed by atoms with Gasteiger partial charge in [-0.25, -0.2) is 4.57 Å². The van der Waals surface area contributed by atoms with Crippen LogP contribution in [0.1, 0.15) is 62.6 Å². The molecule has 0 saturated heterocycles. The molecule has 2 aliphatic rings.